The van der Waals surface area contributed by atoms with E-state index in [0.717, 1.165) is 11.1 Å². The van der Waals surface area contributed by atoms with Gasteiger partial charge in [0.2, 0.25) is 48.9 Å². The number of fused-ring (bicyclic) bond motifs is 7. The second-order valence-corrected chi connectivity index (χ2v) is 28.9. The van der Waals surface area contributed by atoms with E-state index in [9.17, 15) is 48.7 Å². The summed E-state index contributed by atoms with van der Waals surface area (Å²) in [5.41, 5.74) is 37.9. The molecule has 1 aromatic heterocycles. The van der Waals surface area contributed by atoms with Crippen molar-refractivity contribution in [3.05, 3.63) is 63.9 Å². The maximum absolute atomic E-state index is 14.4. The molecule has 15 unspecified atom stereocenters. The summed E-state index contributed by atoms with van der Waals surface area (Å²) < 4.78 is 19.6. The standard InChI is InChI=1S/C63H92N13O13P/c1-30-21-40-41(22-31(30)2)76(29-71-40)58-53(85)54(42(28-77)87-58)89-90(12,86)88-32(3)27-70-50(84)19-20-60(8)38(23-47(67)81)57-63(11)62(10,26-49(69)83)37(15-18-46(66)80)52(75-63)34(5)56-61(9,25-48(68)82)35(13-16-44(64)78)39(72-56)24-43-59(6,7)36(14-17-45(65)79)51(73-43)33(4)55(60)74-57/h21-22,24,29,32,35-38,42,53-54,57-58,72,77,85-86H,12-20,23,25-28H2,1-11H3,(H2,64,78)(H2,65,79)(H2,66,80)(H2,67,81)(H2,68,82)(H2,69,83)(H,70,84). The Morgan fingerprint density at radius 2 is 1.41 bits per heavy atom. The number of nitrogens with two attached hydrogens (primary N) is 6. The smallest absolute Gasteiger partial charge is 0.248 e. The Hall–Kier alpha value is -6.93. The summed E-state index contributed by atoms with van der Waals surface area (Å²) >= 11 is 0. The van der Waals surface area contributed by atoms with Crippen LogP contribution < -0.4 is 45.0 Å². The SMILES string of the molecule is C=P(O)(OC(C)CNC(=O)CCC1(C)C2=NC(C1CC(N)=O)C1(C)N=C(C(C)=C3NC(=CC4=NC(=C2C)C(CCC(N)=O)C4(C)C)C(CCC(N)=O)C3(C)CC(N)=O)C(CCC(N)=O)C1(C)CC(N)=O)OC1C(CO)OC(n2cnc3cc(C)c(C)cc32)C1O. The van der Waals surface area contributed by atoms with Gasteiger partial charge in [0.25, 0.3) is 0 Å². The van der Waals surface area contributed by atoms with Crippen molar-refractivity contribution in [2.45, 2.75) is 189 Å². The zero-order valence-electron chi connectivity index (χ0n) is 53.6. The first-order valence-corrected chi connectivity index (χ1v) is 32.5. The minimum Gasteiger partial charge on any atom is -0.394 e. The van der Waals surface area contributed by atoms with Gasteiger partial charge in [-0.2, -0.15) is 0 Å². The minimum absolute atomic E-state index is 0.0249. The highest BCUT2D eigenvalue weighted by Crippen LogP contribution is 2.63. The topological polar surface area (TPSA) is 443 Å². The van der Waals surface area contributed by atoms with Crippen LogP contribution in [-0.2, 0) is 47.3 Å². The van der Waals surface area contributed by atoms with E-state index < -0.39 is 143 Å². The van der Waals surface area contributed by atoms with Gasteiger partial charge in [-0.1, -0.05) is 34.6 Å². The normalized spacial score (nSPS) is 32.0. The van der Waals surface area contributed by atoms with E-state index in [1.165, 1.54) is 6.33 Å². The van der Waals surface area contributed by atoms with Gasteiger partial charge >= 0.3 is 0 Å². The van der Waals surface area contributed by atoms with Crippen molar-refractivity contribution in [1.82, 2.24) is 20.2 Å². The number of carbonyl (C=O) groups is 7. The van der Waals surface area contributed by atoms with Gasteiger partial charge in [-0.05, 0) is 114 Å². The average Bonchev–Trinajstić information content (AvgIpc) is 1.53. The van der Waals surface area contributed by atoms with Crippen LogP contribution >= 0.6 is 7.57 Å². The molecule has 2 fully saturated rings. The third kappa shape index (κ3) is 13.0. The molecule has 8 rings (SSSR count). The molecule has 90 heavy (non-hydrogen) atoms. The first kappa shape index (κ1) is 69.0. The largest absolute Gasteiger partial charge is 0.394 e. The Bertz CT molecular complexity index is 3530. The first-order chi connectivity index (χ1) is 41.8. The van der Waals surface area contributed by atoms with Crippen LogP contribution in [0.2, 0.25) is 0 Å². The number of aliphatic hydroxyl groups excluding tert-OH is 2. The van der Waals surface area contributed by atoms with E-state index in [1.54, 1.807) is 11.5 Å². The van der Waals surface area contributed by atoms with E-state index in [4.69, 9.17) is 63.2 Å². The van der Waals surface area contributed by atoms with Crippen LogP contribution in [0.25, 0.3) is 11.0 Å². The molecule has 2 aromatic rings. The maximum Gasteiger partial charge on any atom is 0.248 e. The van der Waals surface area contributed by atoms with Crippen LogP contribution in [0.5, 0.6) is 0 Å². The zero-order chi connectivity index (χ0) is 66.7. The summed E-state index contributed by atoms with van der Waals surface area (Å²) in [5, 5.41) is 28.5. The number of hydrogen-bond acceptors (Lipinski definition) is 18. The number of imidazole rings is 1. The monoisotopic (exact) mass is 1270 g/mol. The van der Waals surface area contributed by atoms with Gasteiger partial charge in [-0.25, -0.2) is 4.98 Å². The number of rotatable bonds is 26. The molecule has 7 heterocycles. The lowest BCUT2D eigenvalue weighted by Crippen LogP contribution is -2.56. The van der Waals surface area contributed by atoms with Crippen LogP contribution in [0.1, 0.15) is 150 Å². The number of hydrogen-bond donors (Lipinski definition) is 11. The number of aryl methyl sites for hydroxylation is 2. The van der Waals surface area contributed by atoms with E-state index in [2.05, 4.69) is 21.9 Å². The molecule has 17 N–H and O–H groups in total. The highest BCUT2D eigenvalue weighted by atomic mass is 31.2. The number of amides is 7. The molecule has 1 aromatic carbocycles. The summed E-state index contributed by atoms with van der Waals surface area (Å²) in [7, 11) is -4.07. The predicted molar refractivity (Wildman–Crippen MR) is 340 cm³/mol. The van der Waals surface area contributed by atoms with Gasteiger partial charge in [0.15, 0.2) is 6.23 Å². The van der Waals surface area contributed by atoms with Crippen molar-refractivity contribution < 1.29 is 62.5 Å². The van der Waals surface area contributed by atoms with Gasteiger partial charge < -0.3 is 78.5 Å². The van der Waals surface area contributed by atoms with E-state index in [-0.39, 0.29) is 77.2 Å². The number of nitrogens with zero attached hydrogens (tertiary/aromatic N) is 5. The predicted octanol–water partition coefficient (Wildman–Crippen LogP) is 3.25. The fourth-order valence-corrected chi connectivity index (χ4v) is 16.9. The van der Waals surface area contributed by atoms with E-state index in [0.29, 0.717) is 56.4 Å². The van der Waals surface area contributed by atoms with Crippen LogP contribution in [0.4, 0.5) is 0 Å². The second-order valence-electron chi connectivity index (χ2n) is 27.3. The molecular formula is C63H92N13O13P. The number of primary amides is 6. The molecule has 2 saturated heterocycles. The molecule has 8 bridgehead atoms. The zero-order valence-corrected chi connectivity index (χ0v) is 54.4. The van der Waals surface area contributed by atoms with Crippen LogP contribution in [0.3, 0.4) is 0 Å². The van der Waals surface area contributed by atoms with E-state index >= 15 is 0 Å². The highest BCUT2D eigenvalue weighted by molar-refractivity contribution is 7.58. The summed E-state index contributed by atoms with van der Waals surface area (Å²) in [5.74, 6) is -6.93. The minimum atomic E-state index is -4.07. The van der Waals surface area contributed by atoms with Gasteiger partial charge in [0, 0.05) is 131 Å². The van der Waals surface area contributed by atoms with Crippen molar-refractivity contribution in [1.29, 1.82) is 0 Å². The summed E-state index contributed by atoms with van der Waals surface area (Å²) in [6, 6.07) is 2.81. The second kappa shape index (κ2) is 25.6. The number of aliphatic hydroxyl groups is 2. The van der Waals surface area contributed by atoms with Crippen molar-refractivity contribution in [2.24, 2.45) is 94.7 Å². The molecule has 492 valence electrons. The summed E-state index contributed by atoms with van der Waals surface area (Å²) in [6.07, 6.45) is 0.815. The van der Waals surface area contributed by atoms with Crippen LogP contribution in [-0.4, -0.2) is 139 Å². The number of benzene rings is 1. The molecular weight excluding hydrogens is 1180 g/mol. The van der Waals surface area contributed by atoms with Gasteiger partial charge in [-0.3, -0.25) is 48.5 Å². The number of aromatic nitrogens is 2. The Balaban J connectivity index is 1.19. The molecule has 0 aliphatic carbocycles. The first-order valence-electron chi connectivity index (χ1n) is 30.7. The van der Waals surface area contributed by atoms with Crippen molar-refractivity contribution in [3.63, 3.8) is 0 Å². The molecule has 0 spiro atoms. The van der Waals surface area contributed by atoms with Gasteiger partial charge in [-0.15, -0.1) is 0 Å². The molecule has 15 atom stereocenters. The number of carbonyl (C=O) groups excluding carboxylic acids is 7. The average molecular weight is 1270 g/mol. The molecule has 7 amide bonds. The lowest BCUT2D eigenvalue weighted by molar-refractivity contribution is -0.124. The van der Waals surface area contributed by atoms with E-state index in [1.807, 2.05) is 87.4 Å². The Morgan fingerprint density at radius 3 is 2.00 bits per heavy atom. The fraction of sp³-hybridized carbons (Fsp3) is 0.619. The third-order valence-corrected chi connectivity index (χ3v) is 21.9. The van der Waals surface area contributed by atoms with Gasteiger partial charge in [0.1, 0.15) is 18.3 Å². The Morgan fingerprint density at radius 1 is 0.811 bits per heavy atom. The van der Waals surface area contributed by atoms with Crippen LogP contribution in [0, 0.1) is 59.2 Å². The quantitative estimate of drug-likeness (QED) is 0.0603. The summed E-state index contributed by atoms with van der Waals surface area (Å²) in [4.78, 5) is 126. The lowest BCUT2D eigenvalue weighted by atomic mass is 9.55. The summed E-state index contributed by atoms with van der Waals surface area (Å²) in [6.45, 7) is 19.9. The van der Waals surface area contributed by atoms with Crippen molar-refractivity contribution in [2.75, 3.05) is 13.2 Å². The maximum atomic E-state index is 14.4. The molecule has 6 aliphatic rings. The third-order valence-electron chi connectivity index (χ3n) is 20.7. The lowest BCUT2D eigenvalue weighted by Gasteiger charge is -2.48. The molecule has 27 heteroatoms. The van der Waals surface area contributed by atoms with Gasteiger partial charge in [0.05, 0.1) is 41.7 Å². The number of allylic oxidation sites excluding steroid dienone is 6. The molecule has 0 radical (unpaired) electrons. The number of nitrogens with one attached hydrogen (secondary N) is 2. The van der Waals surface area contributed by atoms with Crippen molar-refractivity contribution in [3.8, 4) is 0 Å². The molecule has 0 saturated carbocycles. The number of ether oxygens (including phenoxy) is 1. The molecule has 26 nitrogen and oxygen atoms in total. The number of aliphatic imine (C=N–C) groups is 3. The Labute approximate surface area is 524 Å². The fourth-order valence-electron chi connectivity index (χ4n) is 15.5. The van der Waals surface area contributed by atoms with Crippen molar-refractivity contribution >= 4 is 83.4 Å². The highest BCUT2D eigenvalue weighted by Gasteiger charge is 2.66. The Kier molecular flexibility index (Phi) is 19.6. The molecule has 6 aliphatic heterocycles. The van der Waals surface area contributed by atoms with Crippen LogP contribution in [0.15, 0.2) is 67.8 Å².